The maximum atomic E-state index is 13.6. The van der Waals surface area contributed by atoms with Gasteiger partial charge < -0.3 is 4.98 Å². The molecule has 0 fully saturated rings. The number of anilines is 1. The quantitative estimate of drug-likeness (QED) is 0.717. The van der Waals surface area contributed by atoms with E-state index in [4.69, 9.17) is 11.6 Å². The number of halogens is 2. The lowest BCUT2D eigenvalue weighted by Crippen LogP contribution is -2.09. The molecular weight excluding hydrogens is 305 g/mol. The number of rotatable bonds is 3. The van der Waals surface area contributed by atoms with E-state index in [9.17, 15) is 9.18 Å². The predicted molar refractivity (Wildman–Crippen MR) is 85.2 cm³/mol. The van der Waals surface area contributed by atoms with Gasteiger partial charge in [0.1, 0.15) is 5.82 Å². The van der Waals surface area contributed by atoms with Crippen molar-refractivity contribution in [1.29, 1.82) is 0 Å². The van der Waals surface area contributed by atoms with Crippen LogP contribution in [0.1, 0.15) is 5.56 Å². The first-order chi connectivity index (χ1) is 10.6. The average molecular weight is 316 g/mol. The zero-order valence-corrected chi connectivity index (χ0v) is 12.1. The third-order valence-electron chi connectivity index (χ3n) is 3.03. The second kappa shape index (κ2) is 5.99. The molecular formula is C16H11ClFN3O. The Morgan fingerprint density at radius 1 is 1.23 bits per heavy atom. The first-order valence-electron chi connectivity index (χ1n) is 6.51. The van der Waals surface area contributed by atoms with Crippen LogP contribution in [0.3, 0.4) is 0 Å². The number of amides is 1. The maximum Gasteiger partial charge on any atom is 0.250 e. The number of nitrogens with one attached hydrogen (secondary N) is 2. The van der Waals surface area contributed by atoms with Gasteiger partial charge in [-0.15, -0.1) is 0 Å². The second-order valence-corrected chi connectivity index (χ2v) is 4.97. The molecule has 0 radical (unpaired) electrons. The summed E-state index contributed by atoms with van der Waals surface area (Å²) < 4.78 is 13.6. The summed E-state index contributed by atoms with van der Waals surface area (Å²) in [7, 11) is 0. The van der Waals surface area contributed by atoms with Gasteiger partial charge in [-0.1, -0.05) is 29.8 Å². The topological polar surface area (TPSA) is 57.8 Å². The summed E-state index contributed by atoms with van der Waals surface area (Å²) in [4.78, 5) is 19.1. The third-order valence-corrected chi connectivity index (χ3v) is 3.36. The van der Waals surface area contributed by atoms with Crippen molar-refractivity contribution >= 4 is 40.6 Å². The van der Waals surface area contributed by atoms with Crippen LogP contribution in [-0.4, -0.2) is 15.9 Å². The van der Waals surface area contributed by atoms with Crippen LogP contribution in [-0.2, 0) is 4.79 Å². The lowest BCUT2D eigenvalue weighted by Gasteiger charge is -2.00. The van der Waals surface area contributed by atoms with Gasteiger partial charge in [-0.2, -0.15) is 0 Å². The zero-order valence-electron chi connectivity index (χ0n) is 11.3. The number of H-pyrrole nitrogens is 1. The summed E-state index contributed by atoms with van der Waals surface area (Å²) in [6.07, 6.45) is 2.53. The summed E-state index contributed by atoms with van der Waals surface area (Å²) in [5, 5.41) is 2.83. The summed E-state index contributed by atoms with van der Waals surface area (Å²) in [6, 6.07) is 11.7. The highest BCUT2D eigenvalue weighted by atomic mass is 35.5. The molecule has 0 aliphatic heterocycles. The van der Waals surface area contributed by atoms with Crippen LogP contribution in [0.5, 0.6) is 0 Å². The molecule has 3 aromatic rings. The number of para-hydroxylation sites is 2. The molecule has 0 bridgehead atoms. The highest BCUT2D eigenvalue weighted by Gasteiger charge is 2.06. The van der Waals surface area contributed by atoms with Gasteiger partial charge in [0.2, 0.25) is 5.95 Å². The van der Waals surface area contributed by atoms with Gasteiger partial charge in [-0.05, 0) is 30.3 Å². The number of hydrogen-bond acceptors (Lipinski definition) is 2. The fourth-order valence-electron chi connectivity index (χ4n) is 2.00. The molecule has 3 rings (SSSR count). The fourth-order valence-corrected chi connectivity index (χ4v) is 2.23. The number of fused-ring (bicyclic) bond motifs is 1. The van der Waals surface area contributed by atoms with E-state index in [-0.39, 0.29) is 10.6 Å². The first-order valence-corrected chi connectivity index (χ1v) is 6.89. The Labute approximate surface area is 130 Å². The van der Waals surface area contributed by atoms with E-state index in [1.807, 2.05) is 24.3 Å². The molecule has 2 aromatic carbocycles. The maximum absolute atomic E-state index is 13.6. The van der Waals surface area contributed by atoms with Crippen molar-refractivity contribution in [2.45, 2.75) is 0 Å². The molecule has 0 saturated carbocycles. The Balaban J connectivity index is 1.76. The molecule has 0 aliphatic rings. The van der Waals surface area contributed by atoms with Crippen molar-refractivity contribution in [2.75, 3.05) is 5.32 Å². The van der Waals surface area contributed by atoms with Crippen LogP contribution in [0.25, 0.3) is 17.1 Å². The number of aromatic amines is 1. The van der Waals surface area contributed by atoms with E-state index in [0.29, 0.717) is 5.95 Å². The van der Waals surface area contributed by atoms with Crippen molar-refractivity contribution in [3.63, 3.8) is 0 Å². The first kappa shape index (κ1) is 14.3. The number of carbonyl (C=O) groups excluding carboxylic acids is 1. The van der Waals surface area contributed by atoms with E-state index in [2.05, 4.69) is 15.3 Å². The summed E-state index contributed by atoms with van der Waals surface area (Å²) in [5.41, 5.74) is 1.74. The molecule has 110 valence electrons. The molecule has 0 saturated heterocycles. The number of benzene rings is 2. The number of aromatic nitrogens is 2. The smallest absolute Gasteiger partial charge is 0.250 e. The van der Waals surface area contributed by atoms with Crippen molar-refractivity contribution in [1.82, 2.24) is 9.97 Å². The van der Waals surface area contributed by atoms with E-state index in [1.165, 1.54) is 24.3 Å². The highest BCUT2D eigenvalue weighted by Crippen LogP contribution is 2.20. The molecule has 1 heterocycles. The van der Waals surface area contributed by atoms with E-state index in [0.717, 1.165) is 11.0 Å². The molecule has 1 amide bonds. The number of imidazole rings is 1. The lowest BCUT2D eigenvalue weighted by molar-refractivity contribution is -0.111. The van der Waals surface area contributed by atoms with Crippen LogP contribution >= 0.6 is 11.6 Å². The van der Waals surface area contributed by atoms with Gasteiger partial charge in [0.25, 0.3) is 5.91 Å². The van der Waals surface area contributed by atoms with E-state index < -0.39 is 11.7 Å². The second-order valence-electron chi connectivity index (χ2n) is 4.56. The van der Waals surface area contributed by atoms with Crippen molar-refractivity contribution in [3.8, 4) is 0 Å². The Hall–Kier alpha value is -2.66. The monoisotopic (exact) mass is 315 g/mol. The van der Waals surface area contributed by atoms with Crippen LogP contribution in [0, 0.1) is 5.82 Å². The van der Waals surface area contributed by atoms with Gasteiger partial charge in [-0.3, -0.25) is 10.1 Å². The Morgan fingerprint density at radius 3 is 2.82 bits per heavy atom. The Morgan fingerprint density at radius 2 is 2.05 bits per heavy atom. The van der Waals surface area contributed by atoms with Gasteiger partial charge in [0.15, 0.2) is 0 Å². The molecule has 1 aromatic heterocycles. The van der Waals surface area contributed by atoms with E-state index >= 15 is 0 Å². The lowest BCUT2D eigenvalue weighted by atomic mass is 10.2. The van der Waals surface area contributed by atoms with Gasteiger partial charge in [0.05, 0.1) is 16.1 Å². The number of carbonyl (C=O) groups is 1. The fraction of sp³-hybridized carbons (Fsp3) is 0. The minimum Gasteiger partial charge on any atom is -0.324 e. The number of hydrogen-bond donors (Lipinski definition) is 2. The summed E-state index contributed by atoms with van der Waals surface area (Å²) >= 11 is 5.89. The third kappa shape index (κ3) is 2.99. The summed E-state index contributed by atoms with van der Waals surface area (Å²) in [5.74, 6) is -0.589. The van der Waals surface area contributed by atoms with E-state index in [1.54, 1.807) is 6.07 Å². The average Bonchev–Trinajstić information content (AvgIpc) is 2.88. The van der Waals surface area contributed by atoms with Crippen LogP contribution in [0.4, 0.5) is 10.3 Å². The predicted octanol–water partition coefficient (Wildman–Crippen LogP) is 4.01. The molecule has 0 aliphatic carbocycles. The highest BCUT2D eigenvalue weighted by molar-refractivity contribution is 6.32. The molecule has 4 nitrogen and oxygen atoms in total. The van der Waals surface area contributed by atoms with Crippen LogP contribution < -0.4 is 5.32 Å². The van der Waals surface area contributed by atoms with Crippen molar-refractivity contribution in [2.24, 2.45) is 0 Å². The molecule has 0 atom stereocenters. The molecule has 0 unspecified atom stereocenters. The summed E-state index contributed by atoms with van der Waals surface area (Å²) in [6.45, 7) is 0. The molecule has 22 heavy (non-hydrogen) atoms. The zero-order chi connectivity index (χ0) is 15.5. The minimum atomic E-state index is -0.486. The molecule has 0 spiro atoms. The molecule has 6 heteroatoms. The van der Waals surface area contributed by atoms with Crippen molar-refractivity contribution < 1.29 is 9.18 Å². The normalized spacial score (nSPS) is 11.2. The Kier molecular flexibility index (Phi) is 3.89. The van der Waals surface area contributed by atoms with Gasteiger partial charge >= 0.3 is 0 Å². The standard InChI is InChI=1S/C16H11ClFN3O/c17-11-4-3-5-12(18)10(11)8-9-15(22)21-16-19-13-6-1-2-7-14(13)20-16/h1-9H,(H2,19,20,21,22). The van der Waals surface area contributed by atoms with Crippen LogP contribution in [0.2, 0.25) is 5.02 Å². The van der Waals surface area contributed by atoms with Crippen molar-refractivity contribution in [3.05, 3.63) is 64.9 Å². The largest absolute Gasteiger partial charge is 0.324 e. The SMILES string of the molecule is O=C(C=Cc1c(F)cccc1Cl)Nc1nc2ccccc2[nH]1. The van der Waals surface area contributed by atoms with Crippen LogP contribution in [0.15, 0.2) is 48.5 Å². The van der Waals surface area contributed by atoms with Gasteiger partial charge in [-0.25, -0.2) is 9.37 Å². The minimum absolute atomic E-state index is 0.170. The molecule has 2 N–H and O–H groups in total. The Bertz CT molecular complexity index is 819. The van der Waals surface area contributed by atoms with Gasteiger partial charge in [0, 0.05) is 11.6 Å². The number of nitrogens with zero attached hydrogens (tertiary/aromatic N) is 1.